The predicted molar refractivity (Wildman–Crippen MR) is 48.5 cm³/mol. The molecule has 1 N–H and O–H groups in total. The quantitative estimate of drug-likeness (QED) is 0.665. The molecule has 70 valence electrons. The molecule has 1 rings (SSSR count). The number of carbonyl (C=O) groups excluding carboxylic acids is 1. The summed E-state index contributed by atoms with van der Waals surface area (Å²) in [5, 5.41) is 2.57. The molecule has 1 aromatic rings. The van der Waals surface area contributed by atoms with Gasteiger partial charge < -0.3 is 9.88 Å². The number of amides is 1. The number of nitrogens with one attached hydrogen (secondary N) is 1. The van der Waals surface area contributed by atoms with E-state index in [9.17, 15) is 9.59 Å². The van der Waals surface area contributed by atoms with Crippen molar-refractivity contribution in [2.75, 3.05) is 5.32 Å². The van der Waals surface area contributed by atoms with Crippen LogP contribution in [0.2, 0.25) is 0 Å². The highest BCUT2D eigenvalue weighted by Crippen LogP contribution is 2.06. The Morgan fingerprint density at radius 3 is 2.77 bits per heavy atom. The van der Waals surface area contributed by atoms with Crippen molar-refractivity contribution in [2.24, 2.45) is 7.05 Å². The standard InChI is InChI=1S/C8H11N3O2/c1-5-7(10-6(2)12)11(3)4-9-8(5)13/h4H,1-3H3,(H,10,12). The van der Waals surface area contributed by atoms with Crippen molar-refractivity contribution in [3.8, 4) is 0 Å². The predicted octanol–water partition coefficient (Wildman–Crippen LogP) is 0.0471. The Balaban J connectivity index is 3.25. The third kappa shape index (κ3) is 1.93. The zero-order valence-corrected chi connectivity index (χ0v) is 7.79. The van der Waals surface area contributed by atoms with Gasteiger partial charge in [-0.2, -0.15) is 4.98 Å². The number of hydrogen-bond donors (Lipinski definition) is 1. The summed E-state index contributed by atoms with van der Waals surface area (Å²) < 4.78 is 1.60. The third-order valence-electron chi connectivity index (χ3n) is 1.67. The number of rotatable bonds is 1. The summed E-state index contributed by atoms with van der Waals surface area (Å²) in [6, 6.07) is 0. The molecule has 0 saturated heterocycles. The molecule has 0 atom stereocenters. The fraction of sp³-hybridized carbons (Fsp3) is 0.375. The van der Waals surface area contributed by atoms with Gasteiger partial charge in [0.1, 0.15) is 12.1 Å². The zero-order valence-electron chi connectivity index (χ0n) is 7.79. The molecular weight excluding hydrogens is 170 g/mol. The molecular formula is C8H11N3O2. The minimum absolute atomic E-state index is 0.204. The van der Waals surface area contributed by atoms with Crippen LogP contribution in [0.4, 0.5) is 5.82 Å². The second kappa shape index (κ2) is 3.38. The molecule has 0 bridgehead atoms. The number of carbonyl (C=O) groups is 1. The summed E-state index contributed by atoms with van der Waals surface area (Å²) in [6.45, 7) is 3.02. The lowest BCUT2D eigenvalue weighted by atomic mass is 10.3. The second-order valence-electron chi connectivity index (χ2n) is 2.82. The van der Waals surface area contributed by atoms with E-state index in [0.29, 0.717) is 11.4 Å². The highest BCUT2D eigenvalue weighted by molar-refractivity contribution is 5.88. The first-order valence-corrected chi connectivity index (χ1v) is 3.82. The molecule has 1 aromatic heterocycles. The zero-order chi connectivity index (χ0) is 10.0. The first-order chi connectivity index (χ1) is 6.02. The van der Waals surface area contributed by atoms with E-state index in [1.165, 1.54) is 13.3 Å². The average molecular weight is 181 g/mol. The number of anilines is 1. The fourth-order valence-corrected chi connectivity index (χ4v) is 1.01. The summed E-state index contributed by atoms with van der Waals surface area (Å²) in [5.41, 5.74) is 0.127. The van der Waals surface area contributed by atoms with E-state index in [4.69, 9.17) is 0 Å². The van der Waals surface area contributed by atoms with Gasteiger partial charge in [0.25, 0.3) is 5.56 Å². The van der Waals surface area contributed by atoms with Crippen LogP contribution in [0, 0.1) is 6.92 Å². The Labute approximate surface area is 75.4 Å². The monoisotopic (exact) mass is 181 g/mol. The molecule has 0 radical (unpaired) electrons. The lowest BCUT2D eigenvalue weighted by Gasteiger charge is -2.09. The van der Waals surface area contributed by atoms with Crippen molar-refractivity contribution in [3.05, 3.63) is 22.2 Å². The topological polar surface area (TPSA) is 64.0 Å². The summed E-state index contributed by atoms with van der Waals surface area (Å²) in [6.07, 6.45) is 1.38. The lowest BCUT2D eigenvalue weighted by Crippen LogP contribution is -2.20. The summed E-state index contributed by atoms with van der Waals surface area (Å²) in [4.78, 5) is 25.5. The van der Waals surface area contributed by atoms with Crippen molar-refractivity contribution >= 4 is 11.7 Å². The molecule has 0 aliphatic rings. The van der Waals surface area contributed by atoms with Crippen LogP contribution in [-0.4, -0.2) is 15.5 Å². The Morgan fingerprint density at radius 1 is 1.62 bits per heavy atom. The van der Waals surface area contributed by atoms with Gasteiger partial charge in [0.2, 0.25) is 5.91 Å². The normalized spacial score (nSPS) is 9.77. The maximum atomic E-state index is 11.1. The molecule has 0 saturated carbocycles. The van der Waals surface area contributed by atoms with Crippen molar-refractivity contribution < 1.29 is 4.79 Å². The van der Waals surface area contributed by atoms with E-state index in [1.807, 2.05) is 0 Å². The van der Waals surface area contributed by atoms with E-state index in [1.54, 1.807) is 18.5 Å². The van der Waals surface area contributed by atoms with Crippen LogP contribution in [0.15, 0.2) is 11.1 Å². The van der Waals surface area contributed by atoms with Crippen LogP contribution >= 0.6 is 0 Å². The first-order valence-electron chi connectivity index (χ1n) is 3.82. The van der Waals surface area contributed by atoms with Crippen LogP contribution < -0.4 is 10.9 Å². The van der Waals surface area contributed by atoms with Gasteiger partial charge in [-0.05, 0) is 6.92 Å². The van der Waals surface area contributed by atoms with Crippen LogP contribution in [0.5, 0.6) is 0 Å². The molecule has 0 aliphatic heterocycles. The van der Waals surface area contributed by atoms with Gasteiger partial charge in [-0.25, -0.2) is 0 Å². The van der Waals surface area contributed by atoms with Crippen molar-refractivity contribution in [3.63, 3.8) is 0 Å². The molecule has 0 fully saturated rings. The fourth-order valence-electron chi connectivity index (χ4n) is 1.01. The molecule has 13 heavy (non-hydrogen) atoms. The van der Waals surface area contributed by atoms with Gasteiger partial charge >= 0.3 is 0 Å². The second-order valence-corrected chi connectivity index (χ2v) is 2.82. The van der Waals surface area contributed by atoms with E-state index >= 15 is 0 Å². The molecule has 5 heteroatoms. The molecule has 0 aromatic carbocycles. The highest BCUT2D eigenvalue weighted by atomic mass is 16.1. The van der Waals surface area contributed by atoms with E-state index in [0.717, 1.165) is 0 Å². The molecule has 1 amide bonds. The Morgan fingerprint density at radius 2 is 2.23 bits per heavy atom. The Hall–Kier alpha value is -1.65. The molecule has 0 aliphatic carbocycles. The van der Waals surface area contributed by atoms with Crippen molar-refractivity contribution in [1.29, 1.82) is 0 Å². The van der Waals surface area contributed by atoms with Gasteiger partial charge in [-0.3, -0.25) is 9.59 Å². The van der Waals surface area contributed by atoms with Crippen molar-refractivity contribution in [1.82, 2.24) is 9.55 Å². The smallest absolute Gasteiger partial charge is 0.277 e. The van der Waals surface area contributed by atoms with Gasteiger partial charge in [0.15, 0.2) is 0 Å². The average Bonchev–Trinajstić information content (AvgIpc) is 2.05. The number of aryl methyl sites for hydroxylation is 1. The minimum Gasteiger partial charge on any atom is -0.321 e. The maximum absolute atomic E-state index is 11.1. The summed E-state index contributed by atoms with van der Waals surface area (Å²) in [5.74, 6) is 0.289. The first kappa shape index (κ1) is 9.44. The third-order valence-corrected chi connectivity index (χ3v) is 1.67. The minimum atomic E-state index is -0.318. The van der Waals surface area contributed by atoms with Gasteiger partial charge in [0, 0.05) is 14.0 Å². The molecule has 1 heterocycles. The van der Waals surface area contributed by atoms with E-state index in [2.05, 4.69) is 10.3 Å². The largest absolute Gasteiger partial charge is 0.321 e. The Kier molecular flexibility index (Phi) is 2.46. The summed E-state index contributed by atoms with van der Waals surface area (Å²) >= 11 is 0. The van der Waals surface area contributed by atoms with E-state index in [-0.39, 0.29) is 11.5 Å². The van der Waals surface area contributed by atoms with Crippen molar-refractivity contribution in [2.45, 2.75) is 13.8 Å². The number of hydrogen-bond acceptors (Lipinski definition) is 3. The summed E-state index contributed by atoms with van der Waals surface area (Å²) in [7, 11) is 1.71. The molecule has 5 nitrogen and oxygen atoms in total. The van der Waals surface area contributed by atoms with Gasteiger partial charge in [-0.15, -0.1) is 0 Å². The number of nitrogens with zero attached hydrogens (tertiary/aromatic N) is 2. The lowest BCUT2D eigenvalue weighted by molar-refractivity contribution is -0.114. The van der Waals surface area contributed by atoms with Crippen LogP contribution in [-0.2, 0) is 11.8 Å². The van der Waals surface area contributed by atoms with Crippen LogP contribution in [0.3, 0.4) is 0 Å². The van der Waals surface area contributed by atoms with Gasteiger partial charge in [0.05, 0.1) is 5.56 Å². The van der Waals surface area contributed by atoms with Crippen LogP contribution in [0.25, 0.3) is 0 Å². The molecule has 0 spiro atoms. The maximum Gasteiger partial charge on any atom is 0.277 e. The van der Waals surface area contributed by atoms with E-state index < -0.39 is 0 Å². The van der Waals surface area contributed by atoms with Crippen LogP contribution in [0.1, 0.15) is 12.5 Å². The highest BCUT2D eigenvalue weighted by Gasteiger charge is 2.06. The number of aromatic nitrogens is 2. The SMILES string of the molecule is CC(=O)Nc1c(C)c(=O)ncn1C. The Bertz CT molecular complexity index is 395. The molecule has 0 unspecified atom stereocenters. The van der Waals surface area contributed by atoms with Gasteiger partial charge in [-0.1, -0.05) is 0 Å².